The topological polar surface area (TPSA) is 50.4 Å². The van der Waals surface area contributed by atoms with Crippen LogP contribution in [0.2, 0.25) is 0 Å². The summed E-state index contributed by atoms with van der Waals surface area (Å²) in [5.41, 5.74) is 3.81. The smallest absolute Gasteiger partial charge is 0.341 e. The lowest BCUT2D eigenvalue weighted by Gasteiger charge is -2.13. The molecule has 0 bridgehead atoms. The van der Waals surface area contributed by atoms with Crippen LogP contribution in [-0.2, 0) is 11.2 Å². The van der Waals surface area contributed by atoms with Crippen molar-refractivity contribution in [2.75, 3.05) is 17.7 Å². The van der Waals surface area contributed by atoms with Crippen molar-refractivity contribution in [3.05, 3.63) is 45.8 Å². The van der Waals surface area contributed by atoms with E-state index < -0.39 is 0 Å². The first kappa shape index (κ1) is 20.4. The minimum Gasteiger partial charge on any atom is -0.465 e. The fourth-order valence-corrected chi connectivity index (χ4v) is 4.23. The van der Waals surface area contributed by atoms with E-state index in [2.05, 4.69) is 36.6 Å². The Morgan fingerprint density at radius 1 is 1.23 bits per heavy atom. The third-order valence-electron chi connectivity index (χ3n) is 4.53. The van der Waals surface area contributed by atoms with Crippen LogP contribution in [-0.4, -0.2) is 18.2 Å². The quantitative estimate of drug-likeness (QED) is 0.487. The van der Waals surface area contributed by atoms with Gasteiger partial charge in [0.25, 0.3) is 0 Å². The molecule has 6 heteroatoms. The molecule has 0 fully saturated rings. The van der Waals surface area contributed by atoms with Crippen LogP contribution in [0.15, 0.2) is 24.3 Å². The highest BCUT2D eigenvalue weighted by atomic mass is 32.1. The molecule has 0 amide bonds. The summed E-state index contributed by atoms with van der Waals surface area (Å²) in [4.78, 5) is 13.3. The Morgan fingerprint density at radius 3 is 2.42 bits per heavy atom. The number of hydrogen-bond acceptors (Lipinski definition) is 4. The van der Waals surface area contributed by atoms with Crippen LogP contribution in [0.25, 0.3) is 0 Å². The van der Waals surface area contributed by atoms with Crippen LogP contribution in [0.1, 0.15) is 59.5 Å². The van der Waals surface area contributed by atoms with Gasteiger partial charge in [-0.1, -0.05) is 32.9 Å². The molecule has 1 atom stereocenters. The molecule has 1 aromatic carbocycles. The zero-order valence-corrected chi connectivity index (χ0v) is 17.6. The maximum atomic E-state index is 12.2. The largest absolute Gasteiger partial charge is 0.465 e. The predicted molar refractivity (Wildman–Crippen MR) is 115 cm³/mol. The van der Waals surface area contributed by atoms with Gasteiger partial charge in [-0.15, -0.1) is 11.3 Å². The summed E-state index contributed by atoms with van der Waals surface area (Å²) in [6.07, 6.45) is 1.88. The van der Waals surface area contributed by atoms with Crippen LogP contribution in [0.4, 0.5) is 10.7 Å². The lowest BCUT2D eigenvalue weighted by atomic mass is 9.99. The molecule has 26 heavy (non-hydrogen) atoms. The summed E-state index contributed by atoms with van der Waals surface area (Å²) in [6, 6.07) is 8.27. The van der Waals surface area contributed by atoms with Crippen molar-refractivity contribution in [2.24, 2.45) is 0 Å². The van der Waals surface area contributed by atoms with E-state index in [1.165, 1.54) is 24.0 Å². The minimum atomic E-state index is -0.339. The number of carbonyl (C=O) groups is 1. The summed E-state index contributed by atoms with van der Waals surface area (Å²) < 4.78 is 4.94. The van der Waals surface area contributed by atoms with Gasteiger partial charge in [0, 0.05) is 10.6 Å². The highest BCUT2D eigenvalue weighted by Crippen LogP contribution is 2.34. The number of benzene rings is 1. The van der Waals surface area contributed by atoms with Gasteiger partial charge in [-0.3, -0.25) is 0 Å². The number of aryl methyl sites for hydroxylation is 1. The Labute approximate surface area is 165 Å². The molecule has 0 aliphatic heterocycles. The van der Waals surface area contributed by atoms with E-state index in [1.807, 2.05) is 26.0 Å². The molecule has 0 aliphatic carbocycles. The van der Waals surface area contributed by atoms with Crippen molar-refractivity contribution in [3.8, 4) is 0 Å². The molecule has 0 radical (unpaired) electrons. The van der Waals surface area contributed by atoms with Crippen molar-refractivity contribution in [2.45, 2.75) is 46.5 Å². The molecule has 4 nitrogen and oxygen atoms in total. The van der Waals surface area contributed by atoms with Crippen LogP contribution >= 0.6 is 23.6 Å². The average molecular weight is 391 g/mol. The highest BCUT2D eigenvalue weighted by Gasteiger charge is 2.22. The molecule has 1 heterocycles. The molecule has 140 valence electrons. The van der Waals surface area contributed by atoms with Crippen LogP contribution in [0, 0.1) is 6.92 Å². The van der Waals surface area contributed by atoms with E-state index in [9.17, 15) is 4.79 Å². The van der Waals surface area contributed by atoms with Gasteiger partial charge in [0.2, 0.25) is 0 Å². The monoisotopic (exact) mass is 390 g/mol. The summed E-state index contributed by atoms with van der Waals surface area (Å²) in [5.74, 6) is 0.202. The number of hydrogen-bond donors (Lipinski definition) is 2. The summed E-state index contributed by atoms with van der Waals surface area (Å²) in [6.45, 7) is 8.43. The van der Waals surface area contributed by atoms with Crippen LogP contribution in [0.5, 0.6) is 0 Å². The molecular weight excluding hydrogens is 364 g/mol. The number of anilines is 2. The van der Waals surface area contributed by atoms with Gasteiger partial charge in [-0.05, 0) is 61.2 Å². The summed E-state index contributed by atoms with van der Waals surface area (Å²) >= 11 is 6.95. The number of carbonyl (C=O) groups excluding carboxylic acids is 1. The SMILES string of the molecule is CCc1c(C)sc(NC(=S)Nc2ccc(C(C)CC)cc2)c1C(=O)OC. The first-order chi connectivity index (χ1) is 12.4. The Bertz CT molecular complexity index is 782. The molecule has 1 aromatic heterocycles. The fraction of sp³-hybridized carbons (Fsp3) is 0.400. The molecule has 1 unspecified atom stereocenters. The third kappa shape index (κ3) is 4.62. The second kappa shape index (κ2) is 9.14. The van der Waals surface area contributed by atoms with Crippen LogP contribution in [0.3, 0.4) is 0 Å². The van der Waals surface area contributed by atoms with Gasteiger partial charge in [0.15, 0.2) is 5.11 Å². The standard InChI is InChI=1S/C20H26N2O2S2/c1-6-12(3)14-8-10-15(11-9-14)21-20(25)22-18-17(19(23)24-5)16(7-2)13(4)26-18/h8-12H,6-7H2,1-5H3,(H2,21,22,25). The zero-order valence-electron chi connectivity index (χ0n) is 15.9. The third-order valence-corrected chi connectivity index (χ3v) is 5.80. The van der Waals surface area contributed by atoms with Gasteiger partial charge in [-0.2, -0.15) is 0 Å². The Morgan fingerprint density at radius 2 is 1.88 bits per heavy atom. The second-order valence-electron chi connectivity index (χ2n) is 6.20. The highest BCUT2D eigenvalue weighted by molar-refractivity contribution is 7.80. The molecule has 0 saturated carbocycles. The summed E-state index contributed by atoms with van der Waals surface area (Å²) in [7, 11) is 1.40. The number of thiophene rings is 1. The molecule has 2 aromatic rings. The molecule has 0 aliphatic rings. The number of nitrogens with one attached hydrogen (secondary N) is 2. The van der Waals surface area contributed by atoms with E-state index in [0.29, 0.717) is 16.6 Å². The van der Waals surface area contributed by atoms with E-state index in [1.54, 1.807) is 0 Å². The molecule has 0 spiro atoms. The number of esters is 1. The van der Waals surface area contributed by atoms with Gasteiger partial charge in [-0.25, -0.2) is 4.79 Å². The van der Waals surface area contributed by atoms with E-state index in [-0.39, 0.29) is 5.97 Å². The van der Waals surface area contributed by atoms with Gasteiger partial charge >= 0.3 is 5.97 Å². The first-order valence-electron chi connectivity index (χ1n) is 8.79. The number of ether oxygens (including phenoxy) is 1. The lowest BCUT2D eigenvalue weighted by Crippen LogP contribution is -2.20. The normalized spacial score (nSPS) is 11.7. The molecular formula is C20H26N2O2S2. The van der Waals surface area contributed by atoms with Crippen molar-refractivity contribution in [3.63, 3.8) is 0 Å². The Balaban J connectivity index is 2.14. The van der Waals surface area contributed by atoms with Crippen molar-refractivity contribution < 1.29 is 9.53 Å². The Kier molecular flexibility index (Phi) is 7.17. The van der Waals surface area contributed by atoms with Gasteiger partial charge in [0.1, 0.15) is 5.00 Å². The van der Waals surface area contributed by atoms with Gasteiger partial charge in [0.05, 0.1) is 12.7 Å². The van der Waals surface area contributed by atoms with Crippen molar-refractivity contribution >= 4 is 45.3 Å². The number of rotatable bonds is 6. The summed E-state index contributed by atoms with van der Waals surface area (Å²) in [5, 5.41) is 7.51. The number of methoxy groups -OCH3 is 1. The average Bonchev–Trinajstić information content (AvgIpc) is 2.95. The van der Waals surface area contributed by atoms with Crippen LogP contribution < -0.4 is 10.6 Å². The first-order valence-corrected chi connectivity index (χ1v) is 10.0. The molecule has 2 N–H and O–H groups in total. The zero-order chi connectivity index (χ0) is 19.3. The number of thiocarbonyl (C=S) groups is 1. The maximum Gasteiger partial charge on any atom is 0.341 e. The van der Waals surface area contributed by atoms with Crippen molar-refractivity contribution in [1.29, 1.82) is 0 Å². The maximum absolute atomic E-state index is 12.2. The van der Waals surface area contributed by atoms with E-state index >= 15 is 0 Å². The predicted octanol–water partition coefficient (Wildman–Crippen LogP) is 5.73. The molecule has 2 rings (SSSR count). The second-order valence-corrected chi connectivity index (χ2v) is 7.83. The fourth-order valence-electron chi connectivity index (χ4n) is 2.81. The Hall–Kier alpha value is -1.92. The lowest BCUT2D eigenvalue weighted by molar-refractivity contribution is 0.0601. The van der Waals surface area contributed by atoms with E-state index in [4.69, 9.17) is 17.0 Å². The molecule has 0 saturated heterocycles. The van der Waals surface area contributed by atoms with E-state index in [0.717, 1.165) is 34.0 Å². The van der Waals surface area contributed by atoms with Gasteiger partial charge < -0.3 is 15.4 Å². The van der Waals surface area contributed by atoms with Crippen molar-refractivity contribution in [1.82, 2.24) is 0 Å². The minimum absolute atomic E-state index is 0.339.